The zero-order valence-corrected chi connectivity index (χ0v) is 15.4. The van der Waals surface area contributed by atoms with Gasteiger partial charge in [-0.2, -0.15) is 0 Å². The highest BCUT2D eigenvalue weighted by Crippen LogP contribution is 2.39. The number of β-amino-alcohol motifs (C(OH)–C–C–N with tert-alkyl or cyclic N) is 1. The number of carbonyl (C=O) groups excluding carboxylic acids is 1. The quantitative estimate of drug-likeness (QED) is 0.857. The fourth-order valence-corrected chi connectivity index (χ4v) is 3.44. The molecule has 0 aromatic heterocycles. The molecule has 27 heavy (non-hydrogen) atoms. The van der Waals surface area contributed by atoms with Crippen LogP contribution in [0.4, 0.5) is 0 Å². The van der Waals surface area contributed by atoms with Crippen LogP contribution in [-0.4, -0.2) is 47.8 Å². The molecule has 0 saturated carbocycles. The molecule has 2 N–H and O–H groups in total. The number of aromatic carboxylic acids is 1. The van der Waals surface area contributed by atoms with Crippen LogP contribution in [0.5, 0.6) is 11.5 Å². The van der Waals surface area contributed by atoms with Crippen molar-refractivity contribution in [1.29, 1.82) is 0 Å². The number of rotatable bonds is 4. The third kappa shape index (κ3) is 3.46. The topological polar surface area (TPSA) is 96.3 Å². The minimum absolute atomic E-state index is 0.0514. The highest BCUT2D eigenvalue weighted by Gasteiger charge is 2.32. The number of hydrogen-bond donors (Lipinski definition) is 2. The first-order chi connectivity index (χ1) is 12.8. The van der Waals surface area contributed by atoms with E-state index in [0.717, 1.165) is 0 Å². The Morgan fingerprint density at radius 3 is 2.33 bits per heavy atom. The fraction of sp³-hybridized carbons (Fsp3) is 0.300. The van der Waals surface area contributed by atoms with Crippen molar-refractivity contribution in [3.63, 3.8) is 0 Å². The van der Waals surface area contributed by atoms with Crippen LogP contribution in [0.15, 0.2) is 30.3 Å². The van der Waals surface area contributed by atoms with E-state index in [2.05, 4.69) is 0 Å². The van der Waals surface area contributed by atoms with E-state index in [1.165, 1.54) is 31.3 Å². The lowest BCUT2D eigenvalue weighted by atomic mass is 9.94. The van der Waals surface area contributed by atoms with Crippen LogP contribution in [0.3, 0.4) is 0 Å². The van der Waals surface area contributed by atoms with Crippen LogP contribution in [0, 0.1) is 6.92 Å². The van der Waals surface area contributed by atoms with E-state index in [1.807, 2.05) is 0 Å². The Bertz CT molecular complexity index is 908. The van der Waals surface area contributed by atoms with Gasteiger partial charge in [0.1, 0.15) is 17.6 Å². The third-order valence-corrected chi connectivity index (χ3v) is 4.65. The Morgan fingerprint density at radius 2 is 1.70 bits per heavy atom. The molecule has 0 spiro atoms. The van der Waals surface area contributed by atoms with Gasteiger partial charge in [0.2, 0.25) is 0 Å². The number of hydrogen-bond acceptors (Lipinski definition) is 5. The molecular formula is C20H21NO6. The number of nitrogens with zero attached hydrogens (tertiary/aromatic N) is 1. The summed E-state index contributed by atoms with van der Waals surface area (Å²) in [7, 11) is 3.04. The number of aryl methyl sites for hydroxylation is 1. The summed E-state index contributed by atoms with van der Waals surface area (Å²) in [5.41, 5.74) is 2.28. The number of aliphatic hydroxyl groups excluding tert-OH is 1. The van der Waals surface area contributed by atoms with Gasteiger partial charge in [-0.25, -0.2) is 4.79 Å². The molecule has 0 fully saturated rings. The lowest BCUT2D eigenvalue weighted by molar-refractivity contribution is 0.0538. The summed E-state index contributed by atoms with van der Waals surface area (Å²) in [6.07, 6.45) is -0.938. The second kappa shape index (κ2) is 7.28. The Kier molecular flexibility index (Phi) is 5.05. The fourth-order valence-electron chi connectivity index (χ4n) is 3.44. The van der Waals surface area contributed by atoms with Gasteiger partial charge >= 0.3 is 5.97 Å². The summed E-state index contributed by atoms with van der Waals surface area (Å²) >= 11 is 0. The van der Waals surface area contributed by atoms with Gasteiger partial charge < -0.3 is 24.6 Å². The highest BCUT2D eigenvalue weighted by molar-refractivity contribution is 5.98. The van der Waals surface area contributed by atoms with Gasteiger partial charge in [-0.15, -0.1) is 0 Å². The number of amides is 1. The van der Waals surface area contributed by atoms with E-state index in [4.69, 9.17) is 9.47 Å². The van der Waals surface area contributed by atoms with Crippen molar-refractivity contribution < 1.29 is 29.3 Å². The minimum Gasteiger partial charge on any atom is -0.496 e. The van der Waals surface area contributed by atoms with E-state index in [-0.39, 0.29) is 30.1 Å². The predicted molar refractivity (Wildman–Crippen MR) is 97.4 cm³/mol. The Balaban J connectivity index is 1.99. The number of carboxylic acid groups (broad SMARTS) is 1. The van der Waals surface area contributed by atoms with E-state index in [0.29, 0.717) is 28.2 Å². The summed E-state index contributed by atoms with van der Waals surface area (Å²) in [5.74, 6) is -0.356. The molecule has 1 aliphatic rings. The van der Waals surface area contributed by atoms with Crippen molar-refractivity contribution in [2.75, 3.05) is 20.8 Å². The summed E-state index contributed by atoms with van der Waals surface area (Å²) in [6, 6.07) is 7.95. The van der Waals surface area contributed by atoms with Gasteiger partial charge in [0.05, 0.1) is 32.9 Å². The predicted octanol–water partition coefficient (Wildman–Crippen LogP) is 2.40. The molecule has 0 bridgehead atoms. The number of ether oxygens (including phenoxy) is 2. The molecule has 1 amide bonds. The van der Waals surface area contributed by atoms with Crippen LogP contribution in [-0.2, 0) is 6.54 Å². The molecule has 7 nitrogen and oxygen atoms in total. The zero-order chi connectivity index (χ0) is 19.7. The molecule has 0 radical (unpaired) electrons. The van der Waals surface area contributed by atoms with Gasteiger partial charge in [-0.05, 0) is 42.8 Å². The van der Waals surface area contributed by atoms with Crippen LogP contribution in [0.2, 0.25) is 0 Å². The zero-order valence-electron chi connectivity index (χ0n) is 15.4. The molecule has 0 aliphatic carbocycles. The van der Waals surface area contributed by atoms with Gasteiger partial charge in [-0.3, -0.25) is 4.79 Å². The molecule has 0 saturated heterocycles. The Morgan fingerprint density at radius 1 is 1.07 bits per heavy atom. The largest absolute Gasteiger partial charge is 0.496 e. The molecular weight excluding hydrogens is 350 g/mol. The van der Waals surface area contributed by atoms with Gasteiger partial charge in [0.25, 0.3) is 5.91 Å². The number of methoxy groups -OCH3 is 2. The third-order valence-electron chi connectivity index (χ3n) is 4.65. The first-order valence-corrected chi connectivity index (χ1v) is 8.41. The molecule has 1 atom stereocenters. The number of aliphatic hydroxyl groups is 1. The summed E-state index contributed by atoms with van der Waals surface area (Å²) in [4.78, 5) is 25.7. The monoisotopic (exact) mass is 371 g/mol. The number of carboxylic acids is 1. The van der Waals surface area contributed by atoms with Crippen molar-refractivity contribution in [2.45, 2.75) is 19.6 Å². The van der Waals surface area contributed by atoms with Crippen LogP contribution >= 0.6 is 0 Å². The molecule has 2 aromatic rings. The maximum absolute atomic E-state index is 13.0. The lowest BCUT2D eigenvalue weighted by Crippen LogP contribution is -2.38. The first kappa shape index (κ1) is 18.7. The average molecular weight is 371 g/mol. The standard InChI is InChI=1S/C20H21NO6/c1-11-6-12(8-13(7-11)20(24)25)19(23)21-9-14-16(26-2)4-5-17(27-3)18(14)15(22)10-21/h4-8,15,22H,9-10H2,1-3H3,(H,24,25). The molecule has 1 aliphatic heterocycles. The van der Waals surface area contributed by atoms with Crippen molar-refractivity contribution in [3.8, 4) is 11.5 Å². The first-order valence-electron chi connectivity index (χ1n) is 8.41. The normalized spacial score (nSPS) is 15.9. The van der Waals surface area contributed by atoms with Crippen LogP contribution in [0.25, 0.3) is 0 Å². The molecule has 1 unspecified atom stereocenters. The highest BCUT2D eigenvalue weighted by atomic mass is 16.5. The van der Waals surface area contributed by atoms with Crippen molar-refractivity contribution in [3.05, 3.63) is 58.1 Å². The SMILES string of the molecule is COc1ccc(OC)c2c1CN(C(=O)c1cc(C)cc(C(=O)O)c1)CC2O. The molecule has 2 aromatic carbocycles. The lowest BCUT2D eigenvalue weighted by Gasteiger charge is -2.34. The van der Waals surface area contributed by atoms with Gasteiger partial charge in [0, 0.05) is 16.7 Å². The van der Waals surface area contributed by atoms with Crippen molar-refractivity contribution >= 4 is 11.9 Å². The molecule has 7 heteroatoms. The maximum atomic E-state index is 13.0. The van der Waals surface area contributed by atoms with E-state index in [1.54, 1.807) is 25.1 Å². The minimum atomic E-state index is -1.09. The smallest absolute Gasteiger partial charge is 0.335 e. The summed E-state index contributed by atoms with van der Waals surface area (Å²) in [5, 5.41) is 19.9. The van der Waals surface area contributed by atoms with Crippen molar-refractivity contribution in [1.82, 2.24) is 4.90 Å². The Labute approximate surface area is 156 Å². The number of carbonyl (C=O) groups is 2. The van der Waals surface area contributed by atoms with Gasteiger partial charge in [-0.1, -0.05) is 0 Å². The van der Waals surface area contributed by atoms with Gasteiger partial charge in [0.15, 0.2) is 0 Å². The van der Waals surface area contributed by atoms with E-state index in [9.17, 15) is 19.8 Å². The van der Waals surface area contributed by atoms with Crippen LogP contribution < -0.4 is 9.47 Å². The molecule has 3 rings (SSSR count). The summed E-state index contributed by atoms with van der Waals surface area (Å²) in [6.45, 7) is 2.03. The molecule has 142 valence electrons. The summed E-state index contributed by atoms with van der Waals surface area (Å²) < 4.78 is 10.7. The maximum Gasteiger partial charge on any atom is 0.335 e. The number of benzene rings is 2. The van der Waals surface area contributed by atoms with E-state index >= 15 is 0 Å². The van der Waals surface area contributed by atoms with E-state index < -0.39 is 12.1 Å². The molecule has 1 heterocycles. The number of fused-ring (bicyclic) bond motifs is 1. The second-order valence-electron chi connectivity index (χ2n) is 6.46. The second-order valence-corrected chi connectivity index (χ2v) is 6.46. The van der Waals surface area contributed by atoms with Crippen molar-refractivity contribution in [2.24, 2.45) is 0 Å². The Hall–Kier alpha value is -3.06. The average Bonchev–Trinajstić information content (AvgIpc) is 2.65. The van der Waals surface area contributed by atoms with Crippen LogP contribution in [0.1, 0.15) is 43.5 Å².